The first-order chi connectivity index (χ1) is 50.9. The number of phosphoric ester groups is 1. The number of aryl methyl sites for hydroxylation is 1. The highest BCUT2D eigenvalue weighted by Gasteiger charge is 2.57. The van der Waals surface area contributed by atoms with Crippen molar-refractivity contribution < 1.29 is 120 Å². The van der Waals surface area contributed by atoms with Crippen LogP contribution in [0.5, 0.6) is 5.75 Å². The van der Waals surface area contributed by atoms with Crippen molar-refractivity contribution in [3.63, 3.8) is 0 Å². The minimum absolute atomic E-state index is 0.0278. The lowest BCUT2D eigenvalue weighted by molar-refractivity contribution is -0.231. The van der Waals surface area contributed by atoms with E-state index in [4.69, 9.17) is 14.0 Å². The number of benzene rings is 3. The molecule has 3 fully saturated rings. The van der Waals surface area contributed by atoms with Crippen molar-refractivity contribution >= 4 is 55.4 Å². The number of esters is 2. The van der Waals surface area contributed by atoms with Gasteiger partial charge in [0.15, 0.2) is 5.78 Å². The van der Waals surface area contributed by atoms with Crippen molar-refractivity contribution in [3.05, 3.63) is 124 Å². The SMILES string of the molecule is COC(=O)C[C@H](C(=O)NN(Cc1c(F)cc(-c2ccn(C(F)F)n2)cc1F)C[C@H](OC(=O)CC(C)(C)c1c(CC(=O)NCCCC(=O)O)cc(C)cc1OP(=O)(O)O)[C@@H](CC(=O)[C@@H](NC(=O)OC)C(C)(C)C(F)(F)F)Cc1ccc(C#Cc2cnc(N3CC4CCC(C3)N4C3COC3)nc2)cc1)C(C)(C)C(F)(F)F. The number of nitrogens with zero attached hydrogens (tertiary/aromatic N) is 7. The number of methoxy groups -OCH3 is 2. The van der Waals surface area contributed by atoms with Crippen LogP contribution >= 0.6 is 7.82 Å². The first-order valence-corrected chi connectivity index (χ1v) is 36.0. The average Bonchev–Trinajstić information content (AvgIpc) is 1.75. The van der Waals surface area contributed by atoms with Crippen LogP contribution in [0, 0.1) is 53.1 Å². The summed E-state index contributed by atoms with van der Waals surface area (Å²) in [6, 6.07) is 9.01. The zero-order chi connectivity index (χ0) is 80.5. The fraction of sp³-hybridized carbons (Fsp3) is 0.528. The van der Waals surface area contributed by atoms with Gasteiger partial charge in [0.25, 0.3) is 0 Å². The molecule has 26 nitrogen and oxygen atoms in total. The third-order valence-electron chi connectivity index (χ3n) is 19.6. The van der Waals surface area contributed by atoms with Crippen LogP contribution in [-0.2, 0) is 77.1 Å². The van der Waals surface area contributed by atoms with Gasteiger partial charge in [0.05, 0.1) is 87.3 Å². The zero-order valence-corrected chi connectivity index (χ0v) is 61.8. The number of fused-ring (bicyclic) bond motifs is 2. The van der Waals surface area contributed by atoms with Gasteiger partial charge in [-0.05, 0) is 99.5 Å². The number of piperazine rings is 1. The average molecular weight is 1570 g/mol. The van der Waals surface area contributed by atoms with E-state index in [0.29, 0.717) is 106 Å². The number of aromatic nitrogens is 4. The molecule has 2 aromatic heterocycles. The van der Waals surface area contributed by atoms with E-state index in [0.717, 1.165) is 45.4 Å². The normalized spacial score (nSPS) is 17.0. The third-order valence-corrected chi connectivity index (χ3v) is 20.1. The molecule has 2 unspecified atom stereocenters. The van der Waals surface area contributed by atoms with Gasteiger partial charge in [0.2, 0.25) is 17.8 Å². The lowest BCUT2D eigenvalue weighted by Crippen LogP contribution is -2.62. The molecule has 3 aliphatic heterocycles. The number of carbonyl (C=O) groups excluding carboxylic acids is 6. The van der Waals surface area contributed by atoms with E-state index in [1.807, 2.05) is 5.32 Å². The van der Waals surface area contributed by atoms with E-state index in [9.17, 15) is 52.2 Å². The maximum Gasteiger partial charge on any atom is 0.524 e. The molecule has 0 aliphatic carbocycles. The van der Waals surface area contributed by atoms with Crippen LogP contribution in [0.15, 0.2) is 73.2 Å². The number of ketones is 1. The number of alkyl halides is 8. The molecule has 3 aliphatic rings. The number of aliphatic carboxylic acids is 1. The molecular formula is C72H85F10N10O16P. The van der Waals surface area contributed by atoms with Crippen LogP contribution in [0.1, 0.15) is 132 Å². The van der Waals surface area contributed by atoms with E-state index in [2.05, 4.69) is 56.9 Å². The van der Waals surface area contributed by atoms with Crippen molar-refractivity contribution in [1.29, 1.82) is 0 Å². The third kappa shape index (κ3) is 22.0. The van der Waals surface area contributed by atoms with E-state index in [1.54, 1.807) is 12.4 Å². The minimum Gasteiger partial charge on any atom is -0.481 e. The summed E-state index contributed by atoms with van der Waals surface area (Å²) in [6.07, 6.45) is -13.6. The first-order valence-electron chi connectivity index (χ1n) is 34.4. The summed E-state index contributed by atoms with van der Waals surface area (Å²) in [5.41, 5.74) is -7.09. The zero-order valence-electron chi connectivity index (χ0n) is 60.9. The van der Waals surface area contributed by atoms with Gasteiger partial charge in [-0.25, -0.2) is 37.8 Å². The highest BCUT2D eigenvalue weighted by Crippen LogP contribution is 2.48. The maximum atomic E-state index is 16.9. The molecule has 3 amide bonds. The fourth-order valence-electron chi connectivity index (χ4n) is 13.5. The summed E-state index contributed by atoms with van der Waals surface area (Å²) in [5.74, 6) is -9.36. The number of hydrogen-bond donors (Lipinski definition) is 6. The number of halogens is 10. The largest absolute Gasteiger partial charge is 0.524 e. The molecule has 109 heavy (non-hydrogen) atoms. The molecule has 594 valence electrons. The molecule has 6 atom stereocenters. The Balaban J connectivity index is 1.26. The Morgan fingerprint density at radius 1 is 0.798 bits per heavy atom. The van der Waals surface area contributed by atoms with Crippen LogP contribution in [0.25, 0.3) is 11.3 Å². The Hall–Kier alpha value is -9.27. The molecule has 6 N–H and O–H groups in total. The number of hydrazine groups is 1. The molecular weight excluding hydrogens is 1480 g/mol. The highest BCUT2D eigenvalue weighted by molar-refractivity contribution is 7.46. The molecule has 3 aromatic carbocycles. The minimum atomic E-state index is -5.54. The molecule has 5 heterocycles. The predicted molar refractivity (Wildman–Crippen MR) is 368 cm³/mol. The van der Waals surface area contributed by atoms with Gasteiger partial charge in [-0.3, -0.25) is 48.9 Å². The van der Waals surface area contributed by atoms with Crippen molar-refractivity contribution in [2.24, 2.45) is 22.7 Å². The smallest absolute Gasteiger partial charge is 0.481 e. The summed E-state index contributed by atoms with van der Waals surface area (Å²) in [7, 11) is -3.97. The van der Waals surface area contributed by atoms with Gasteiger partial charge in [0.1, 0.15) is 29.5 Å². The van der Waals surface area contributed by atoms with Crippen molar-refractivity contribution in [2.45, 2.75) is 167 Å². The topological polar surface area (TPSA) is 333 Å². The second kappa shape index (κ2) is 35.2. The Morgan fingerprint density at radius 2 is 1.41 bits per heavy atom. The fourth-order valence-corrected chi connectivity index (χ4v) is 13.9. The van der Waals surface area contributed by atoms with Crippen molar-refractivity contribution in [1.82, 2.24) is 45.7 Å². The van der Waals surface area contributed by atoms with Gasteiger partial charge < -0.3 is 44.1 Å². The number of carboxylic acid groups (broad SMARTS) is 1. The van der Waals surface area contributed by atoms with Crippen LogP contribution in [-0.4, -0.2) is 182 Å². The van der Waals surface area contributed by atoms with E-state index in [1.165, 1.54) is 51.1 Å². The second-order valence-electron chi connectivity index (χ2n) is 28.8. The van der Waals surface area contributed by atoms with Crippen molar-refractivity contribution in [2.75, 3.05) is 58.5 Å². The number of amides is 3. The van der Waals surface area contributed by atoms with Gasteiger partial charge >= 0.3 is 50.7 Å². The standard InChI is InChI=1S/C72H85F10N10O16P/c1-40-23-46(29-58(94)83-21-10-11-59(95)96)62(56(24-40)108-109(101,102)103)68(2,3)31-61(98)107-57(37-90(88-64(99)51(30-60(97)104-8)69(4,5)71(77,78)79)36-50-52(73)26-44(27-53(50)74)54-20-22-91(87-54)65(75)76)45(28-55(93)63(86-67(100)105-9)70(6,7)72(80,81)82)25-42-15-12-41(13-16-42)14-17-43-32-84-66(85-33-43)89-34-47-18-19-48(35-89)92(47)49-38-106-39-49/h12-13,15-16,20,22-24,26-27,32-33,45,47-49,51,57,63,65H,10-11,18-19,21,25,28-31,34-39H2,1-9H3,(H,83,94)(H,86,100)(H,88,99)(H,95,96)(H2,101,102,103)/t45-,47?,48?,51-,57+,63-/m1/s1. The van der Waals surface area contributed by atoms with Gasteiger partial charge in [-0.2, -0.15) is 40.2 Å². The number of alkyl carbamates (subject to hydrolysis) is 1. The summed E-state index contributed by atoms with van der Waals surface area (Å²) < 4.78 is 192. The second-order valence-corrected chi connectivity index (χ2v) is 30.0. The van der Waals surface area contributed by atoms with Crippen LogP contribution < -0.4 is 25.5 Å². The summed E-state index contributed by atoms with van der Waals surface area (Å²) >= 11 is 0. The van der Waals surface area contributed by atoms with E-state index in [-0.39, 0.29) is 46.3 Å². The monoisotopic (exact) mass is 1570 g/mol. The lowest BCUT2D eigenvalue weighted by atomic mass is 9.75. The van der Waals surface area contributed by atoms with Crippen LogP contribution in [0.3, 0.4) is 0 Å². The Morgan fingerprint density at radius 3 is 1.95 bits per heavy atom. The lowest BCUT2D eigenvalue weighted by Gasteiger charge is -2.47. The van der Waals surface area contributed by atoms with Gasteiger partial charge in [-0.15, -0.1) is 0 Å². The molecule has 3 saturated heterocycles. The number of phosphoric acid groups is 1. The molecule has 8 rings (SSSR count). The Kier molecular flexibility index (Phi) is 27.5. The van der Waals surface area contributed by atoms with E-state index < -0.39 is 188 Å². The highest BCUT2D eigenvalue weighted by atomic mass is 31.2. The predicted octanol–water partition coefficient (Wildman–Crippen LogP) is 9.78. The van der Waals surface area contributed by atoms with Gasteiger partial charge in [0, 0.05) is 103 Å². The molecule has 0 radical (unpaired) electrons. The molecule has 0 spiro atoms. The van der Waals surface area contributed by atoms with Crippen LogP contribution in [0.4, 0.5) is 54.6 Å². The summed E-state index contributed by atoms with van der Waals surface area (Å²) in [6.45, 7) is 3.15. The summed E-state index contributed by atoms with van der Waals surface area (Å²) in [4.78, 5) is 131. The quantitative estimate of drug-likeness (QED) is 0.00433. The number of carboxylic acids is 1. The maximum absolute atomic E-state index is 16.9. The Bertz CT molecular complexity index is 4200. The van der Waals surface area contributed by atoms with Crippen molar-refractivity contribution in [3.8, 4) is 28.8 Å². The van der Waals surface area contributed by atoms with Gasteiger partial charge in [-0.1, -0.05) is 57.7 Å². The number of Topliss-reactive ketones (excluding diaryl/α,β-unsaturated/α-hetero) is 1. The summed E-state index contributed by atoms with van der Waals surface area (Å²) in [5, 5.41) is 17.8. The number of anilines is 1. The molecule has 5 aromatic rings. The van der Waals surface area contributed by atoms with Crippen LogP contribution in [0.2, 0.25) is 0 Å². The number of ether oxygens (including phenoxy) is 4. The number of hydrogen-bond acceptors (Lipinski definition) is 19. The first kappa shape index (κ1) is 85.3. The number of rotatable bonds is 33. The molecule has 2 bridgehead atoms. The van der Waals surface area contributed by atoms with E-state index >= 15 is 44.7 Å². The molecule has 37 heteroatoms. The number of carbonyl (C=O) groups is 7. The number of nitrogens with one attached hydrogen (secondary N) is 3. The Labute approximate surface area is 620 Å². The molecule has 0 saturated carbocycles.